The third-order valence-electron chi connectivity index (χ3n) is 4.09. The van der Waals surface area contributed by atoms with E-state index < -0.39 is 5.60 Å². The van der Waals surface area contributed by atoms with Crippen molar-refractivity contribution in [2.75, 3.05) is 6.54 Å². The van der Waals surface area contributed by atoms with Gasteiger partial charge in [0.2, 0.25) is 0 Å². The van der Waals surface area contributed by atoms with Crippen LogP contribution in [0.25, 0.3) is 0 Å². The van der Waals surface area contributed by atoms with Crippen LogP contribution in [0.2, 0.25) is 0 Å². The molecule has 0 amide bonds. The van der Waals surface area contributed by atoms with Crippen molar-refractivity contribution in [1.82, 2.24) is 5.32 Å². The average Bonchev–Trinajstić information content (AvgIpc) is 2.52. The molecule has 0 aromatic carbocycles. The lowest BCUT2D eigenvalue weighted by Crippen LogP contribution is -2.48. The highest BCUT2D eigenvalue weighted by Gasteiger charge is 2.34. The summed E-state index contributed by atoms with van der Waals surface area (Å²) in [6, 6.07) is 0.697. The van der Waals surface area contributed by atoms with Crippen molar-refractivity contribution in [3.8, 4) is 0 Å². The predicted molar refractivity (Wildman–Crippen MR) is 58.2 cm³/mol. The monoisotopic (exact) mass is 197 g/mol. The predicted octanol–water partition coefficient (Wildman–Crippen LogP) is 2.07. The minimum atomic E-state index is -0.466. The zero-order valence-corrected chi connectivity index (χ0v) is 9.26. The maximum atomic E-state index is 10.3. The average molecular weight is 197 g/mol. The standard InChI is InChI=1S/C12H23NO/c1-12(14,10-5-2-3-6-10)9-13-11-7-4-8-11/h10-11,13-14H,2-9H2,1H3. The fourth-order valence-electron chi connectivity index (χ4n) is 2.66. The summed E-state index contributed by atoms with van der Waals surface area (Å²) in [5.74, 6) is 0.537. The van der Waals surface area contributed by atoms with Crippen LogP contribution in [-0.2, 0) is 0 Å². The van der Waals surface area contributed by atoms with Gasteiger partial charge in [-0.2, -0.15) is 0 Å². The van der Waals surface area contributed by atoms with E-state index in [2.05, 4.69) is 5.32 Å². The Hall–Kier alpha value is -0.0800. The summed E-state index contributed by atoms with van der Waals surface area (Å²) >= 11 is 0. The van der Waals surface area contributed by atoms with E-state index in [9.17, 15) is 5.11 Å². The molecule has 0 saturated heterocycles. The lowest BCUT2D eigenvalue weighted by molar-refractivity contribution is -0.00203. The molecule has 2 heteroatoms. The number of hydrogen-bond acceptors (Lipinski definition) is 2. The topological polar surface area (TPSA) is 32.3 Å². The zero-order valence-electron chi connectivity index (χ0n) is 9.26. The summed E-state index contributed by atoms with van der Waals surface area (Å²) in [5.41, 5.74) is -0.466. The molecule has 1 atom stereocenters. The molecule has 82 valence electrons. The van der Waals surface area contributed by atoms with Gasteiger partial charge in [-0.05, 0) is 38.5 Å². The molecular formula is C12H23NO. The zero-order chi connectivity index (χ0) is 10.0. The van der Waals surface area contributed by atoms with Crippen LogP contribution in [-0.4, -0.2) is 23.3 Å². The molecule has 2 fully saturated rings. The minimum absolute atomic E-state index is 0.466. The number of nitrogens with one attached hydrogen (secondary N) is 1. The Morgan fingerprint density at radius 3 is 2.29 bits per heavy atom. The third kappa shape index (κ3) is 2.29. The quantitative estimate of drug-likeness (QED) is 0.723. The summed E-state index contributed by atoms with van der Waals surface area (Å²) in [6.07, 6.45) is 9.04. The first-order chi connectivity index (χ1) is 6.68. The van der Waals surface area contributed by atoms with Gasteiger partial charge in [-0.1, -0.05) is 19.3 Å². The Kier molecular flexibility index (Phi) is 3.13. The Balaban J connectivity index is 1.75. The molecule has 2 saturated carbocycles. The van der Waals surface area contributed by atoms with Crippen LogP contribution in [0.3, 0.4) is 0 Å². The summed E-state index contributed by atoms with van der Waals surface area (Å²) < 4.78 is 0. The fraction of sp³-hybridized carbons (Fsp3) is 1.00. The molecule has 2 N–H and O–H groups in total. The van der Waals surface area contributed by atoms with Crippen molar-refractivity contribution in [3.05, 3.63) is 0 Å². The molecule has 0 heterocycles. The summed E-state index contributed by atoms with van der Waals surface area (Å²) in [6.45, 7) is 2.80. The summed E-state index contributed by atoms with van der Waals surface area (Å²) in [4.78, 5) is 0. The van der Waals surface area contributed by atoms with Crippen LogP contribution in [0.1, 0.15) is 51.9 Å². The summed E-state index contributed by atoms with van der Waals surface area (Å²) in [5, 5.41) is 13.8. The van der Waals surface area contributed by atoms with Gasteiger partial charge < -0.3 is 10.4 Å². The molecule has 2 aliphatic carbocycles. The van der Waals surface area contributed by atoms with Crippen molar-refractivity contribution in [2.24, 2.45) is 5.92 Å². The molecule has 0 aromatic rings. The van der Waals surface area contributed by atoms with Gasteiger partial charge in [0.25, 0.3) is 0 Å². The van der Waals surface area contributed by atoms with Gasteiger partial charge in [-0.15, -0.1) is 0 Å². The maximum Gasteiger partial charge on any atom is 0.0771 e. The second-order valence-electron chi connectivity index (χ2n) is 5.35. The minimum Gasteiger partial charge on any atom is -0.389 e. The van der Waals surface area contributed by atoms with Crippen molar-refractivity contribution >= 4 is 0 Å². The van der Waals surface area contributed by atoms with Gasteiger partial charge in [0.1, 0.15) is 0 Å². The van der Waals surface area contributed by atoms with E-state index in [0.717, 1.165) is 6.54 Å². The van der Waals surface area contributed by atoms with Gasteiger partial charge in [0.15, 0.2) is 0 Å². The first-order valence-electron chi connectivity index (χ1n) is 6.14. The summed E-state index contributed by atoms with van der Waals surface area (Å²) in [7, 11) is 0. The molecule has 2 rings (SSSR count). The van der Waals surface area contributed by atoms with E-state index in [1.54, 1.807) is 0 Å². The largest absolute Gasteiger partial charge is 0.389 e. The molecule has 2 nitrogen and oxygen atoms in total. The molecule has 14 heavy (non-hydrogen) atoms. The van der Waals surface area contributed by atoms with Gasteiger partial charge in [-0.25, -0.2) is 0 Å². The van der Waals surface area contributed by atoms with Crippen LogP contribution in [0, 0.1) is 5.92 Å². The second kappa shape index (κ2) is 4.19. The Morgan fingerprint density at radius 1 is 1.14 bits per heavy atom. The highest BCUT2D eigenvalue weighted by molar-refractivity contribution is 4.89. The van der Waals surface area contributed by atoms with Crippen LogP contribution in [0.4, 0.5) is 0 Å². The van der Waals surface area contributed by atoms with Gasteiger partial charge in [-0.3, -0.25) is 0 Å². The first kappa shape index (κ1) is 10.4. The number of rotatable bonds is 4. The molecule has 1 unspecified atom stereocenters. The van der Waals surface area contributed by atoms with Crippen LogP contribution in [0.15, 0.2) is 0 Å². The van der Waals surface area contributed by atoms with Crippen molar-refractivity contribution < 1.29 is 5.11 Å². The first-order valence-corrected chi connectivity index (χ1v) is 6.14. The molecular weight excluding hydrogens is 174 g/mol. The SMILES string of the molecule is CC(O)(CNC1CCC1)C1CCCC1. The molecule has 0 aromatic heterocycles. The lowest BCUT2D eigenvalue weighted by atomic mass is 9.86. The molecule has 0 aliphatic heterocycles. The van der Waals surface area contributed by atoms with Gasteiger partial charge >= 0.3 is 0 Å². The molecule has 2 aliphatic rings. The smallest absolute Gasteiger partial charge is 0.0771 e. The van der Waals surface area contributed by atoms with E-state index in [-0.39, 0.29) is 0 Å². The number of hydrogen-bond donors (Lipinski definition) is 2. The van der Waals surface area contributed by atoms with E-state index in [1.807, 2.05) is 6.92 Å². The molecule has 0 radical (unpaired) electrons. The van der Waals surface area contributed by atoms with Gasteiger partial charge in [0.05, 0.1) is 5.60 Å². The third-order valence-corrected chi connectivity index (χ3v) is 4.09. The van der Waals surface area contributed by atoms with Crippen LogP contribution >= 0.6 is 0 Å². The highest BCUT2D eigenvalue weighted by Crippen LogP contribution is 2.33. The Bertz CT molecular complexity index is 181. The van der Waals surface area contributed by atoms with Gasteiger partial charge in [0, 0.05) is 12.6 Å². The van der Waals surface area contributed by atoms with Crippen molar-refractivity contribution in [2.45, 2.75) is 63.5 Å². The van der Waals surface area contributed by atoms with E-state index >= 15 is 0 Å². The Morgan fingerprint density at radius 2 is 1.79 bits per heavy atom. The van der Waals surface area contributed by atoms with E-state index in [4.69, 9.17) is 0 Å². The molecule has 0 bridgehead atoms. The van der Waals surface area contributed by atoms with E-state index in [1.165, 1.54) is 44.9 Å². The highest BCUT2D eigenvalue weighted by atomic mass is 16.3. The second-order valence-corrected chi connectivity index (χ2v) is 5.35. The normalized spacial score (nSPS) is 28.7. The van der Waals surface area contributed by atoms with E-state index in [0.29, 0.717) is 12.0 Å². The number of aliphatic hydroxyl groups is 1. The van der Waals surface area contributed by atoms with Crippen LogP contribution in [0.5, 0.6) is 0 Å². The molecule has 0 spiro atoms. The fourth-order valence-corrected chi connectivity index (χ4v) is 2.66. The van der Waals surface area contributed by atoms with Crippen molar-refractivity contribution in [1.29, 1.82) is 0 Å². The van der Waals surface area contributed by atoms with Crippen molar-refractivity contribution in [3.63, 3.8) is 0 Å². The maximum absolute atomic E-state index is 10.3. The Labute approximate surface area is 87.1 Å². The van der Waals surface area contributed by atoms with Crippen LogP contribution < -0.4 is 5.32 Å². The lowest BCUT2D eigenvalue weighted by Gasteiger charge is -2.35.